The van der Waals surface area contributed by atoms with E-state index >= 15 is 0 Å². The van der Waals surface area contributed by atoms with Gasteiger partial charge in [0.15, 0.2) is 0 Å². The van der Waals surface area contributed by atoms with Crippen molar-refractivity contribution >= 4 is 42.1 Å². The van der Waals surface area contributed by atoms with E-state index in [2.05, 4.69) is 105 Å². The number of hydrogen-bond donors (Lipinski definition) is 2. The van der Waals surface area contributed by atoms with Gasteiger partial charge in [-0.3, -0.25) is 0 Å². The summed E-state index contributed by atoms with van der Waals surface area (Å²) in [5.74, 6) is 0.579. The third kappa shape index (κ3) is 13.0. The van der Waals surface area contributed by atoms with Gasteiger partial charge in [0, 0.05) is 10.7 Å². The summed E-state index contributed by atoms with van der Waals surface area (Å²) in [7, 11) is 0. The molecule has 0 spiro atoms. The van der Waals surface area contributed by atoms with Crippen LogP contribution in [0.15, 0.2) is 78.9 Å². The Hall–Kier alpha value is -2.42. The van der Waals surface area contributed by atoms with Crippen LogP contribution in [-0.2, 0) is 12.8 Å². The van der Waals surface area contributed by atoms with Crippen LogP contribution < -0.4 is 5.32 Å². The molecule has 4 rings (SSSR count). The lowest BCUT2D eigenvalue weighted by Crippen LogP contribution is -2.17. The second kappa shape index (κ2) is 22.4. The SMILES string of the molecule is CC.CC.CC.CC(C)c1ccccc1CCCc1cccc(/C=C/C2C=Cc3ccc(Cl)cc3N2)c1.CS. The molecule has 1 aliphatic heterocycles. The van der Waals surface area contributed by atoms with Crippen molar-refractivity contribution in [2.45, 2.75) is 86.6 Å². The molecule has 39 heavy (non-hydrogen) atoms. The highest BCUT2D eigenvalue weighted by atomic mass is 35.5. The van der Waals surface area contributed by atoms with E-state index < -0.39 is 0 Å². The molecule has 0 saturated carbocycles. The van der Waals surface area contributed by atoms with Crippen molar-refractivity contribution in [3.63, 3.8) is 0 Å². The molecule has 3 heteroatoms. The maximum absolute atomic E-state index is 6.14. The minimum absolute atomic E-state index is 0.169. The Morgan fingerprint density at radius 1 is 0.846 bits per heavy atom. The van der Waals surface area contributed by atoms with E-state index in [-0.39, 0.29) is 6.04 Å². The van der Waals surface area contributed by atoms with Gasteiger partial charge in [-0.25, -0.2) is 0 Å². The summed E-state index contributed by atoms with van der Waals surface area (Å²) >= 11 is 9.67. The molecule has 0 amide bonds. The first-order valence-electron chi connectivity index (χ1n) is 14.6. The smallest absolute Gasteiger partial charge is 0.0635 e. The number of nitrogens with one attached hydrogen (secondary N) is 1. The third-order valence-corrected chi connectivity index (χ3v) is 6.09. The number of rotatable bonds is 7. The van der Waals surface area contributed by atoms with Crippen LogP contribution in [0.5, 0.6) is 0 Å². The minimum Gasteiger partial charge on any atom is -0.375 e. The monoisotopic (exact) mass is 565 g/mol. The van der Waals surface area contributed by atoms with Crippen LogP contribution in [-0.4, -0.2) is 12.3 Å². The first kappa shape index (κ1) is 36.6. The Balaban J connectivity index is 0.00000166. The number of benzene rings is 3. The molecule has 1 aliphatic rings. The minimum atomic E-state index is 0.169. The van der Waals surface area contributed by atoms with E-state index in [0.29, 0.717) is 5.92 Å². The van der Waals surface area contributed by atoms with Gasteiger partial charge in [-0.15, -0.1) is 0 Å². The standard InChI is InChI=1S/C29H30ClN.3C2H6.CH4S/c1-21(2)28-12-4-3-10-24(28)11-6-9-22-7-5-8-23(19-22)13-17-27-18-15-25-14-16-26(30)20-29(25)31-27;4*1-2/h3-5,7-8,10,12-21,27,31H,6,9,11H2,1-2H3;3*1-2H3;2H,1H3/b17-13+;;;;. The lowest BCUT2D eigenvalue weighted by Gasteiger charge is -2.20. The highest BCUT2D eigenvalue weighted by Gasteiger charge is 2.10. The molecule has 0 aromatic heterocycles. The molecule has 3 aromatic carbocycles. The van der Waals surface area contributed by atoms with Gasteiger partial charge in [0.2, 0.25) is 0 Å². The average molecular weight is 566 g/mol. The summed E-state index contributed by atoms with van der Waals surface area (Å²) in [6.45, 7) is 16.6. The van der Waals surface area contributed by atoms with Gasteiger partial charge < -0.3 is 5.32 Å². The van der Waals surface area contributed by atoms with E-state index in [1.165, 1.54) is 34.2 Å². The van der Waals surface area contributed by atoms with Crippen LogP contribution in [0.25, 0.3) is 12.2 Å². The topological polar surface area (TPSA) is 12.0 Å². The Morgan fingerprint density at radius 2 is 1.54 bits per heavy atom. The highest BCUT2D eigenvalue weighted by molar-refractivity contribution is 7.79. The molecule has 0 radical (unpaired) electrons. The Morgan fingerprint density at radius 3 is 2.23 bits per heavy atom. The fourth-order valence-corrected chi connectivity index (χ4v) is 4.39. The molecule has 0 saturated heterocycles. The van der Waals surface area contributed by atoms with E-state index in [4.69, 9.17) is 11.6 Å². The third-order valence-electron chi connectivity index (χ3n) is 5.86. The number of halogens is 1. The highest BCUT2D eigenvalue weighted by Crippen LogP contribution is 2.27. The first-order valence-corrected chi connectivity index (χ1v) is 15.9. The van der Waals surface area contributed by atoms with Crippen LogP contribution in [0, 0.1) is 0 Å². The average Bonchev–Trinajstić information content (AvgIpc) is 3.00. The molecule has 1 nitrogen and oxygen atoms in total. The van der Waals surface area contributed by atoms with Crippen LogP contribution in [0.1, 0.15) is 95.5 Å². The molecular weight excluding hydrogens is 514 g/mol. The maximum Gasteiger partial charge on any atom is 0.0635 e. The fourth-order valence-electron chi connectivity index (χ4n) is 4.22. The predicted molar refractivity (Wildman–Crippen MR) is 185 cm³/mol. The van der Waals surface area contributed by atoms with Crippen molar-refractivity contribution in [1.29, 1.82) is 0 Å². The van der Waals surface area contributed by atoms with Crippen molar-refractivity contribution in [2.24, 2.45) is 0 Å². The van der Waals surface area contributed by atoms with Crippen LogP contribution >= 0.6 is 24.2 Å². The fraction of sp³-hybridized carbons (Fsp3) is 0.389. The largest absolute Gasteiger partial charge is 0.375 e. The molecule has 3 aromatic rings. The molecule has 1 N–H and O–H groups in total. The molecule has 0 aliphatic carbocycles. The summed E-state index contributed by atoms with van der Waals surface area (Å²) in [4.78, 5) is 0. The number of hydrogen-bond acceptors (Lipinski definition) is 2. The molecular formula is C36H52ClNS. The lowest BCUT2D eigenvalue weighted by molar-refractivity contribution is 0.783. The number of thiol groups is 1. The molecule has 1 unspecified atom stereocenters. The first-order chi connectivity index (χ1) is 19.1. The van der Waals surface area contributed by atoms with Gasteiger partial charge in [0.05, 0.1) is 6.04 Å². The summed E-state index contributed by atoms with van der Waals surface area (Å²) < 4.78 is 0. The van der Waals surface area contributed by atoms with E-state index in [1.54, 1.807) is 6.26 Å². The van der Waals surface area contributed by atoms with Crippen molar-refractivity contribution < 1.29 is 0 Å². The lowest BCUT2D eigenvalue weighted by atomic mass is 9.93. The summed E-state index contributed by atoms with van der Waals surface area (Å²) in [5, 5.41) is 4.29. The maximum atomic E-state index is 6.14. The predicted octanol–water partition coefficient (Wildman–Crippen LogP) is 11.8. The van der Waals surface area contributed by atoms with Gasteiger partial charge in [0.1, 0.15) is 0 Å². The van der Waals surface area contributed by atoms with E-state index in [9.17, 15) is 0 Å². The van der Waals surface area contributed by atoms with Gasteiger partial charge >= 0.3 is 0 Å². The summed E-state index contributed by atoms with van der Waals surface area (Å²) in [6, 6.07) is 23.9. The van der Waals surface area contributed by atoms with E-state index in [1.807, 2.05) is 59.7 Å². The normalized spacial score (nSPS) is 12.8. The van der Waals surface area contributed by atoms with Crippen molar-refractivity contribution in [1.82, 2.24) is 0 Å². The second-order valence-electron chi connectivity index (χ2n) is 8.57. The Bertz CT molecular complexity index is 1100. The Kier molecular flexibility index (Phi) is 21.0. The van der Waals surface area contributed by atoms with Crippen LogP contribution in [0.3, 0.4) is 0 Å². The van der Waals surface area contributed by atoms with Crippen LogP contribution in [0.4, 0.5) is 5.69 Å². The summed E-state index contributed by atoms with van der Waals surface area (Å²) in [5.41, 5.74) is 7.87. The molecule has 214 valence electrons. The zero-order valence-electron chi connectivity index (χ0n) is 25.8. The van der Waals surface area contributed by atoms with Crippen molar-refractivity contribution in [3.8, 4) is 0 Å². The molecule has 0 fully saturated rings. The zero-order chi connectivity index (χ0) is 29.6. The number of anilines is 1. The zero-order valence-corrected chi connectivity index (χ0v) is 27.4. The molecule has 1 heterocycles. The van der Waals surface area contributed by atoms with Crippen molar-refractivity contribution in [3.05, 3.63) is 112 Å². The second-order valence-corrected chi connectivity index (χ2v) is 9.01. The Labute approximate surface area is 251 Å². The quantitative estimate of drug-likeness (QED) is 0.271. The summed E-state index contributed by atoms with van der Waals surface area (Å²) in [6.07, 6.45) is 13.8. The molecule has 1 atom stereocenters. The van der Waals surface area contributed by atoms with Gasteiger partial charge in [-0.2, -0.15) is 12.6 Å². The molecule has 0 bridgehead atoms. The van der Waals surface area contributed by atoms with Crippen molar-refractivity contribution in [2.75, 3.05) is 11.6 Å². The van der Waals surface area contributed by atoms with Gasteiger partial charge in [-0.05, 0) is 71.4 Å². The number of aryl methyl sites for hydroxylation is 2. The van der Waals surface area contributed by atoms with Gasteiger partial charge in [0.25, 0.3) is 0 Å². The van der Waals surface area contributed by atoms with Crippen LogP contribution in [0.2, 0.25) is 5.02 Å². The number of fused-ring (bicyclic) bond motifs is 1. The van der Waals surface area contributed by atoms with Gasteiger partial charge in [-0.1, -0.05) is 146 Å². The van der Waals surface area contributed by atoms with E-state index in [0.717, 1.165) is 23.6 Å².